The average molecular weight is 356 g/mol. The van der Waals surface area contributed by atoms with Crippen molar-refractivity contribution in [1.29, 1.82) is 0 Å². The van der Waals surface area contributed by atoms with E-state index in [-0.39, 0.29) is 0 Å². The number of amides is 1. The van der Waals surface area contributed by atoms with E-state index in [0.29, 0.717) is 6.61 Å². The Labute approximate surface area is 144 Å². The average Bonchev–Trinajstić information content (AvgIpc) is 2.89. The van der Waals surface area contributed by atoms with Crippen molar-refractivity contribution in [2.45, 2.75) is 30.2 Å². The molecule has 3 nitrogen and oxygen atoms in total. The smallest absolute Gasteiger partial charge is 0.411 e. The van der Waals surface area contributed by atoms with Gasteiger partial charge in [0.05, 0.1) is 16.5 Å². The molecule has 1 aromatic carbocycles. The van der Waals surface area contributed by atoms with E-state index in [4.69, 9.17) is 16.3 Å². The Morgan fingerprint density at radius 1 is 1.32 bits per heavy atom. The van der Waals surface area contributed by atoms with Gasteiger partial charge in [-0.25, -0.2) is 4.79 Å². The molecule has 1 amide bonds. The topological polar surface area (TPSA) is 38.3 Å². The summed E-state index contributed by atoms with van der Waals surface area (Å²) in [6.07, 6.45) is 0.542. The number of aryl methyl sites for hydroxylation is 1. The van der Waals surface area contributed by atoms with Gasteiger partial charge in [0.1, 0.15) is 0 Å². The van der Waals surface area contributed by atoms with Gasteiger partial charge in [-0.2, -0.15) is 0 Å². The molecule has 0 saturated carbocycles. The van der Waals surface area contributed by atoms with Gasteiger partial charge in [-0.3, -0.25) is 5.32 Å². The Morgan fingerprint density at radius 2 is 2.05 bits per heavy atom. The molecule has 22 heavy (non-hydrogen) atoms. The van der Waals surface area contributed by atoms with E-state index in [9.17, 15) is 4.79 Å². The molecule has 0 aliphatic heterocycles. The number of thiophene rings is 1. The van der Waals surface area contributed by atoms with Crippen molar-refractivity contribution in [3.63, 3.8) is 0 Å². The number of rotatable bonds is 6. The van der Waals surface area contributed by atoms with Crippen LogP contribution in [0, 0.1) is 0 Å². The van der Waals surface area contributed by atoms with Gasteiger partial charge in [0.2, 0.25) is 0 Å². The maximum Gasteiger partial charge on any atom is 0.411 e. The number of anilines is 1. The molecule has 1 heterocycles. The van der Waals surface area contributed by atoms with Gasteiger partial charge >= 0.3 is 6.09 Å². The number of benzene rings is 1. The summed E-state index contributed by atoms with van der Waals surface area (Å²) in [5.74, 6) is 0.832. The van der Waals surface area contributed by atoms with E-state index < -0.39 is 6.09 Å². The second-order valence-corrected chi connectivity index (χ2v) is 7.35. The minimum absolute atomic E-state index is 0.365. The minimum atomic E-state index is -0.406. The Hall–Kier alpha value is -1.17. The number of ether oxygens (including phenoxy) is 1. The molecule has 1 aromatic heterocycles. The highest BCUT2D eigenvalue weighted by molar-refractivity contribution is 8.00. The zero-order valence-corrected chi connectivity index (χ0v) is 14.9. The van der Waals surface area contributed by atoms with Crippen molar-refractivity contribution in [2.75, 3.05) is 11.9 Å². The van der Waals surface area contributed by atoms with Gasteiger partial charge in [0.15, 0.2) is 0 Å². The maximum absolute atomic E-state index is 11.6. The van der Waals surface area contributed by atoms with Crippen LogP contribution >= 0.6 is 34.7 Å². The van der Waals surface area contributed by atoms with Gasteiger partial charge in [-0.15, -0.1) is 23.1 Å². The van der Waals surface area contributed by atoms with Crippen LogP contribution in [-0.2, 0) is 16.9 Å². The van der Waals surface area contributed by atoms with Crippen LogP contribution < -0.4 is 5.32 Å². The van der Waals surface area contributed by atoms with Crippen LogP contribution in [0.15, 0.2) is 34.5 Å². The van der Waals surface area contributed by atoms with E-state index in [1.165, 1.54) is 10.4 Å². The molecule has 1 N–H and O–H groups in total. The Bertz CT molecular complexity index is 626. The van der Waals surface area contributed by atoms with E-state index >= 15 is 0 Å². The molecule has 118 valence electrons. The van der Waals surface area contributed by atoms with Gasteiger partial charge in [-0.05, 0) is 37.1 Å². The quantitative estimate of drug-likeness (QED) is 0.663. The van der Waals surface area contributed by atoms with Crippen LogP contribution in [-0.4, -0.2) is 12.7 Å². The summed E-state index contributed by atoms with van der Waals surface area (Å²) in [6.45, 7) is 4.26. The molecule has 0 aliphatic rings. The predicted molar refractivity (Wildman–Crippen MR) is 95.4 cm³/mol. The van der Waals surface area contributed by atoms with E-state index in [1.807, 2.05) is 30.3 Å². The number of carbonyl (C=O) groups is 1. The molecule has 2 aromatic rings. The fourth-order valence-corrected chi connectivity index (χ4v) is 4.19. The Kier molecular flexibility index (Phi) is 6.61. The molecule has 0 fully saturated rings. The lowest BCUT2D eigenvalue weighted by atomic mass is 10.2. The fraction of sp³-hybridized carbons (Fsp3) is 0.312. The van der Waals surface area contributed by atoms with Crippen molar-refractivity contribution in [3.05, 3.63) is 45.8 Å². The van der Waals surface area contributed by atoms with E-state index in [1.54, 1.807) is 30.0 Å². The second kappa shape index (κ2) is 8.46. The number of thioether (sulfide) groups is 1. The lowest BCUT2D eigenvalue weighted by molar-refractivity contribution is 0.168. The molecule has 0 aliphatic carbocycles. The van der Waals surface area contributed by atoms with Crippen LogP contribution in [0.1, 0.15) is 24.3 Å². The summed E-state index contributed by atoms with van der Waals surface area (Å²) in [5, 5.41) is 3.56. The van der Waals surface area contributed by atoms with Crippen molar-refractivity contribution < 1.29 is 9.53 Å². The minimum Gasteiger partial charge on any atom is -0.450 e. The van der Waals surface area contributed by atoms with Gasteiger partial charge in [-0.1, -0.05) is 30.7 Å². The Balaban J connectivity index is 2.06. The van der Waals surface area contributed by atoms with Crippen LogP contribution in [0.25, 0.3) is 0 Å². The summed E-state index contributed by atoms with van der Waals surface area (Å²) in [7, 11) is 0. The molecule has 0 atom stereocenters. The number of halogens is 1. The highest BCUT2D eigenvalue weighted by Crippen LogP contribution is 2.38. The molecule has 0 bridgehead atoms. The summed E-state index contributed by atoms with van der Waals surface area (Å²) in [6, 6.07) is 9.83. The lowest BCUT2D eigenvalue weighted by Crippen LogP contribution is -2.13. The maximum atomic E-state index is 11.6. The summed E-state index contributed by atoms with van der Waals surface area (Å²) in [4.78, 5) is 12.9. The lowest BCUT2D eigenvalue weighted by Gasteiger charge is -2.06. The second-order valence-electron chi connectivity index (χ2n) is 4.53. The van der Waals surface area contributed by atoms with E-state index in [0.717, 1.165) is 27.1 Å². The number of carbonyl (C=O) groups excluding carboxylic acids is 1. The van der Waals surface area contributed by atoms with Crippen LogP contribution in [0.3, 0.4) is 0 Å². The standard InChI is InChI=1S/C16H18ClNO2S2/c1-3-13-9-14(18-16(19)20-4-2)15(22-13)21-10-11-5-7-12(17)8-6-11/h5-9H,3-4,10H2,1-2H3,(H,18,19). The molecule has 0 unspecified atom stereocenters. The van der Waals surface area contributed by atoms with E-state index in [2.05, 4.69) is 12.2 Å². The molecule has 2 rings (SSSR count). The molecule has 0 saturated heterocycles. The summed E-state index contributed by atoms with van der Waals surface area (Å²) < 4.78 is 6.05. The van der Waals surface area contributed by atoms with Crippen molar-refractivity contribution in [1.82, 2.24) is 0 Å². The molecule has 6 heteroatoms. The van der Waals surface area contributed by atoms with Crippen molar-refractivity contribution in [3.8, 4) is 0 Å². The number of nitrogens with one attached hydrogen (secondary N) is 1. The van der Waals surface area contributed by atoms with Crippen LogP contribution in [0.4, 0.5) is 10.5 Å². The van der Waals surface area contributed by atoms with Gasteiger partial charge in [0.25, 0.3) is 0 Å². The zero-order valence-electron chi connectivity index (χ0n) is 12.5. The summed E-state index contributed by atoms with van der Waals surface area (Å²) in [5.41, 5.74) is 2.03. The first-order valence-electron chi connectivity index (χ1n) is 7.06. The number of hydrogen-bond acceptors (Lipinski definition) is 4. The van der Waals surface area contributed by atoms with Crippen molar-refractivity contribution >= 4 is 46.5 Å². The summed E-state index contributed by atoms with van der Waals surface area (Å²) >= 11 is 9.31. The third-order valence-electron chi connectivity index (χ3n) is 2.89. The van der Waals surface area contributed by atoms with Crippen LogP contribution in [0.2, 0.25) is 5.02 Å². The first-order valence-corrected chi connectivity index (χ1v) is 9.24. The predicted octanol–water partition coefficient (Wildman–Crippen LogP) is 5.82. The van der Waals surface area contributed by atoms with Crippen LogP contribution in [0.5, 0.6) is 0 Å². The monoisotopic (exact) mass is 355 g/mol. The normalized spacial score (nSPS) is 10.5. The Morgan fingerprint density at radius 3 is 2.68 bits per heavy atom. The largest absolute Gasteiger partial charge is 0.450 e. The van der Waals surface area contributed by atoms with Gasteiger partial charge < -0.3 is 4.74 Å². The molecular formula is C16H18ClNO2S2. The fourth-order valence-electron chi connectivity index (χ4n) is 1.80. The number of hydrogen-bond donors (Lipinski definition) is 1. The molecule has 0 spiro atoms. The third-order valence-corrected chi connectivity index (χ3v) is 5.78. The molecule has 0 radical (unpaired) electrons. The van der Waals surface area contributed by atoms with Gasteiger partial charge in [0, 0.05) is 15.7 Å². The SMILES string of the molecule is CCOC(=O)Nc1cc(CC)sc1SCc1ccc(Cl)cc1. The highest BCUT2D eigenvalue weighted by atomic mass is 35.5. The molecular weight excluding hydrogens is 338 g/mol. The highest BCUT2D eigenvalue weighted by Gasteiger charge is 2.12. The zero-order chi connectivity index (χ0) is 15.9. The first-order chi connectivity index (χ1) is 10.6. The third kappa shape index (κ3) is 4.93. The van der Waals surface area contributed by atoms with Crippen molar-refractivity contribution in [2.24, 2.45) is 0 Å². The first kappa shape index (κ1) is 17.2.